The van der Waals surface area contributed by atoms with Crippen LogP contribution in [0.25, 0.3) is 5.57 Å². The maximum atomic E-state index is 12.9. The molecule has 2 saturated heterocycles. The average molecular weight is 399 g/mol. The zero-order chi connectivity index (χ0) is 20.6. The first-order chi connectivity index (χ1) is 13.9. The number of ether oxygens (including phenoxy) is 2. The number of hydrogen-bond acceptors (Lipinski definition) is 5. The zero-order valence-corrected chi connectivity index (χ0v) is 17.6. The third-order valence-corrected chi connectivity index (χ3v) is 6.26. The largest absolute Gasteiger partial charge is 0.501 e. The minimum Gasteiger partial charge on any atom is -0.501 e. The highest BCUT2D eigenvalue weighted by Crippen LogP contribution is 2.38. The van der Waals surface area contributed by atoms with Crippen molar-refractivity contribution < 1.29 is 14.3 Å². The van der Waals surface area contributed by atoms with Gasteiger partial charge in [-0.15, -0.1) is 0 Å². The minimum atomic E-state index is -0.0813. The van der Waals surface area contributed by atoms with Crippen molar-refractivity contribution in [2.24, 2.45) is 17.5 Å². The molecule has 3 aliphatic heterocycles. The van der Waals surface area contributed by atoms with Crippen LogP contribution >= 0.6 is 0 Å². The number of likely N-dealkylation sites (tertiary alicyclic amines) is 1. The first-order valence-electron chi connectivity index (χ1n) is 10.1. The van der Waals surface area contributed by atoms with Crippen LogP contribution in [0.2, 0.25) is 0 Å². The van der Waals surface area contributed by atoms with Crippen LogP contribution in [-0.4, -0.2) is 60.0 Å². The van der Waals surface area contributed by atoms with Gasteiger partial charge in [-0.05, 0) is 32.3 Å². The Morgan fingerprint density at radius 3 is 2.83 bits per heavy atom. The van der Waals surface area contributed by atoms with Gasteiger partial charge in [0.2, 0.25) is 0 Å². The van der Waals surface area contributed by atoms with E-state index in [1.807, 2.05) is 38.2 Å². The number of rotatable bonds is 2. The molecular weight excluding hydrogens is 370 g/mol. The number of carbonyl (C=O) groups is 1. The van der Waals surface area contributed by atoms with Gasteiger partial charge in [-0.25, -0.2) is 9.79 Å². The lowest BCUT2D eigenvalue weighted by Gasteiger charge is -2.22. The van der Waals surface area contributed by atoms with Crippen molar-refractivity contribution in [3.63, 3.8) is 0 Å². The van der Waals surface area contributed by atoms with E-state index in [-0.39, 0.29) is 11.4 Å². The van der Waals surface area contributed by atoms with E-state index in [1.54, 1.807) is 11.8 Å². The standard InChI is InChI=1S/C21H29N5O3/c1-14(16-10-22-25(3)11-16)19-17(15(2)28-4)9-18(23-19)24-20(27)26-7-5-21(12-26)6-8-29-13-21/h10-11H,5-9,12-13H2,1-4H3,(H,23,24,27)/b17-15+,19-14-/t21-/m0/s1. The van der Waals surface area contributed by atoms with E-state index < -0.39 is 0 Å². The molecule has 4 rings (SSSR count). The lowest BCUT2D eigenvalue weighted by molar-refractivity contribution is 0.153. The lowest BCUT2D eigenvalue weighted by Crippen LogP contribution is -2.42. The summed E-state index contributed by atoms with van der Waals surface area (Å²) in [6, 6.07) is -0.0813. The van der Waals surface area contributed by atoms with Gasteiger partial charge in [-0.3, -0.25) is 10.00 Å². The summed E-state index contributed by atoms with van der Waals surface area (Å²) < 4.78 is 12.8. The molecule has 4 heterocycles. The molecule has 0 aromatic carbocycles. The molecule has 1 spiro atoms. The number of aromatic nitrogens is 2. The van der Waals surface area contributed by atoms with Crippen molar-refractivity contribution in [2.75, 3.05) is 33.4 Å². The van der Waals surface area contributed by atoms with Gasteiger partial charge in [-0.1, -0.05) is 0 Å². The molecule has 2 fully saturated rings. The van der Waals surface area contributed by atoms with Crippen LogP contribution in [0.4, 0.5) is 4.79 Å². The predicted molar refractivity (Wildman–Crippen MR) is 110 cm³/mol. The van der Waals surface area contributed by atoms with E-state index >= 15 is 0 Å². The number of nitrogens with one attached hydrogen (secondary N) is 1. The Morgan fingerprint density at radius 1 is 1.34 bits per heavy atom. The lowest BCUT2D eigenvalue weighted by atomic mass is 9.87. The van der Waals surface area contributed by atoms with Crippen LogP contribution in [0.3, 0.4) is 0 Å². The molecule has 1 aromatic rings. The third-order valence-electron chi connectivity index (χ3n) is 6.26. The van der Waals surface area contributed by atoms with Crippen molar-refractivity contribution in [1.29, 1.82) is 0 Å². The summed E-state index contributed by atoms with van der Waals surface area (Å²) in [6.45, 7) is 7.02. The number of hydrogen-bond donors (Lipinski definition) is 1. The highest BCUT2D eigenvalue weighted by atomic mass is 16.5. The van der Waals surface area contributed by atoms with Gasteiger partial charge in [0.25, 0.3) is 0 Å². The van der Waals surface area contributed by atoms with Crippen molar-refractivity contribution >= 4 is 17.4 Å². The Morgan fingerprint density at radius 2 is 2.17 bits per heavy atom. The summed E-state index contributed by atoms with van der Waals surface area (Å²) >= 11 is 0. The maximum absolute atomic E-state index is 12.9. The van der Waals surface area contributed by atoms with Crippen molar-refractivity contribution in [1.82, 2.24) is 20.0 Å². The van der Waals surface area contributed by atoms with Gasteiger partial charge in [0, 0.05) is 55.9 Å². The van der Waals surface area contributed by atoms with Crippen LogP contribution in [0.15, 0.2) is 34.4 Å². The summed E-state index contributed by atoms with van der Waals surface area (Å²) in [4.78, 5) is 19.5. The van der Waals surface area contributed by atoms with Crippen LogP contribution in [0, 0.1) is 5.41 Å². The Kier molecular flexibility index (Phi) is 5.21. The van der Waals surface area contributed by atoms with E-state index in [1.165, 1.54) is 0 Å². The molecule has 2 amide bonds. The highest BCUT2D eigenvalue weighted by Gasteiger charge is 2.43. The van der Waals surface area contributed by atoms with Gasteiger partial charge in [0.15, 0.2) is 0 Å². The minimum absolute atomic E-state index is 0.0813. The molecule has 0 unspecified atom stereocenters. The Bertz CT molecular complexity index is 905. The topological polar surface area (TPSA) is 81.0 Å². The van der Waals surface area contributed by atoms with E-state index in [2.05, 4.69) is 10.4 Å². The van der Waals surface area contributed by atoms with Gasteiger partial charge in [-0.2, -0.15) is 5.10 Å². The summed E-state index contributed by atoms with van der Waals surface area (Å²) in [5.41, 5.74) is 4.00. The number of carbonyl (C=O) groups excluding carboxylic acids is 1. The van der Waals surface area contributed by atoms with E-state index in [9.17, 15) is 4.79 Å². The Hall–Kier alpha value is -2.61. The fraction of sp³-hybridized carbons (Fsp3) is 0.571. The van der Waals surface area contributed by atoms with Crippen LogP contribution < -0.4 is 5.32 Å². The average Bonchev–Trinajstić information content (AvgIpc) is 3.49. The van der Waals surface area contributed by atoms with E-state index in [0.717, 1.165) is 67.3 Å². The SMILES string of the molecule is CO/C(C)=C1\CC(NC(=O)N2CC[C@]3(CCOC3)C2)=N\C1=C(\C)c1cnn(C)c1. The quantitative estimate of drug-likeness (QED) is 0.776. The number of amides is 2. The third kappa shape index (κ3) is 3.81. The first kappa shape index (κ1) is 19.7. The molecule has 156 valence electrons. The summed E-state index contributed by atoms with van der Waals surface area (Å²) in [5.74, 6) is 1.46. The molecular formula is C21H29N5O3. The summed E-state index contributed by atoms with van der Waals surface area (Å²) in [6.07, 6.45) is 6.37. The zero-order valence-electron chi connectivity index (χ0n) is 17.6. The van der Waals surface area contributed by atoms with E-state index in [4.69, 9.17) is 14.5 Å². The van der Waals surface area contributed by atoms with Gasteiger partial charge < -0.3 is 14.4 Å². The number of aliphatic imine (C=N–C) groups is 1. The molecule has 0 bridgehead atoms. The number of nitrogens with zero attached hydrogens (tertiary/aromatic N) is 4. The Balaban J connectivity index is 1.54. The normalized spacial score (nSPS) is 27.4. The summed E-state index contributed by atoms with van der Waals surface area (Å²) in [7, 11) is 3.55. The monoisotopic (exact) mass is 399 g/mol. The predicted octanol–water partition coefficient (Wildman–Crippen LogP) is 2.70. The molecule has 3 aliphatic rings. The molecule has 0 radical (unpaired) electrons. The second-order valence-electron chi connectivity index (χ2n) is 8.25. The van der Waals surface area contributed by atoms with Gasteiger partial charge >= 0.3 is 6.03 Å². The maximum Gasteiger partial charge on any atom is 0.322 e. The van der Waals surface area contributed by atoms with E-state index in [0.29, 0.717) is 12.3 Å². The van der Waals surface area contributed by atoms with Crippen LogP contribution in [-0.2, 0) is 16.5 Å². The number of aryl methyl sites for hydroxylation is 1. The smallest absolute Gasteiger partial charge is 0.322 e. The van der Waals surface area contributed by atoms with Gasteiger partial charge in [0.1, 0.15) is 5.84 Å². The van der Waals surface area contributed by atoms with Crippen molar-refractivity contribution in [3.8, 4) is 0 Å². The highest BCUT2D eigenvalue weighted by molar-refractivity contribution is 6.02. The van der Waals surface area contributed by atoms with Crippen molar-refractivity contribution in [3.05, 3.63) is 35.0 Å². The summed E-state index contributed by atoms with van der Waals surface area (Å²) in [5, 5.41) is 7.28. The van der Waals surface area contributed by atoms with Gasteiger partial charge in [0.05, 0.1) is 31.4 Å². The fourth-order valence-corrected chi connectivity index (χ4v) is 4.32. The molecule has 0 saturated carbocycles. The number of allylic oxidation sites excluding steroid dienone is 3. The number of amidine groups is 1. The molecule has 1 N–H and O–H groups in total. The molecule has 1 aromatic heterocycles. The molecule has 1 atom stereocenters. The first-order valence-corrected chi connectivity index (χ1v) is 10.1. The number of urea groups is 1. The molecule has 29 heavy (non-hydrogen) atoms. The fourth-order valence-electron chi connectivity index (χ4n) is 4.32. The second kappa shape index (κ2) is 7.67. The molecule has 8 heteroatoms. The number of methoxy groups -OCH3 is 1. The van der Waals surface area contributed by atoms with Crippen LogP contribution in [0.5, 0.6) is 0 Å². The second-order valence-corrected chi connectivity index (χ2v) is 8.25. The molecule has 8 nitrogen and oxygen atoms in total. The Labute approximate surface area is 171 Å². The van der Waals surface area contributed by atoms with Crippen LogP contribution in [0.1, 0.15) is 38.7 Å². The van der Waals surface area contributed by atoms with Crippen molar-refractivity contribution in [2.45, 2.75) is 33.1 Å². The molecule has 0 aliphatic carbocycles.